The van der Waals surface area contributed by atoms with Gasteiger partial charge < -0.3 is 25.0 Å². The molecule has 3 aliphatic rings. The zero-order valence-electron chi connectivity index (χ0n) is 19.9. The number of aromatic nitrogens is 2. The third-order valence-electron chi connectivity index (χ3n) is 7.70. The molecule has 6 rings (SSSR count). The van der Waals surface area contributed by atoms with Crippen molar-refractivity contribution in [2.24, 2.45) is 11.8 Å². The van der Waals surface area contributed by atoms with Gasteiger partial charge >= 0.3 is 0 Å². The maximum Gasteiger partial charge on any atom is 0.166 e. The summed E-state index contributed by atoms with van der Waals surface area (Å²) in [6, 6.07) is 7.25. The van der Waals surface area contributed by atoms with E-state index in [4.69, 9.17) is 32.7 Å². The monoisotopic (exact) mass is 531 g/mol. The number of halogens is 3. The lowest BCUT2D eigenvalue weighted by Gasteiger charge is -2.49. The summed E-state index contributed by atoms with van der Waals surface area (Å²) in [6.07, 6.45) is 5.06. The molecule has 2 bridgehead atoms. The molecule has 1 aliphatic carbocycles. The lowest BCUT2D eigenvalue weighted by atomic mass is 9.69. The van der Waals surface area contributed by atoms with Gasteiger partial charge in [-0.3, -0.25) is 0 Å². The van der Waals surface area contributed by atoms with Gasteiger partial charge in [-0.2, -0.15) is 0 Å². The Hall–Kier alpha value is -2.39. The number of hydrogen-bond acceptors (Lipinski definition) is 7. The van der Waals surface area contributed by atoms with E-state index in [-0.39, 0.29) is 21.8 Å². The normalized spacial score (nSPS) is 25.6. The Bertz CT molecular complexity index is 1280. The summed E-state index contributed by atoms with van der Waals surface area (Å²) in [5.74, 6) is 2.12. The summed E-state index contributed by atoms with van der Waals surface area (Å²) in [5.41, 5.74) is 0.849. The maximum atomic E-state index is 14.8. The van der Waals surface area contributed by atoms with E-state index in [1.165, 1.54) is 25.2 Å². The van der Waals surface area contributed by atoms with E-state index in [1.807, 2.05) is 12.1 Å². The highest BCUT2D eigenvalue weighted by atomic mass is 35.5. The van der Waals surface area contributed by atoms with Crippen LogP contribution in [-0.4, -0.2) is 60.3 Å². The Morgan fingerprint density at radius 3 is 2.75 bits per heavy atom. The Labute approximate surface area is 219 Å². The van der Waals surface area contributed by atoms with Crippen LogP contribution in [0.2, 0.25) is 10.0 Å². The van der Waals surface area contributed by atoms with Crippen LogP contribution in [0.4, 0.5) is 15.9 Å². The minimum Gasteiger partial charge on any atom is -0.488 e. The second-order valence-electron chi connectivity index (χ2n) is 9.97. The van der Waals surface area contributed by atoms with E-state index in [0.29, 0.717) is 52.7 Å². The van der Waals surface area contributed by atoms with Crippen LogP contribution < -0.4 is 20.1 Å². The number of likely N-dealkylation sites (N-methyl/N-ethyl adjacent to an activating group) is 1. The van der Waals surface area contributed by atoms with E-state index in [1.54, 1.807) is 6.07 Å². The first-order valence-corrected chi connectivity index (χ1v) is 13.1. The lowest BCUT2D eigenvalue weighted by Crippen LogP contribution is -2.59. The van der Waals surface area contributed by atoms with Gasteiger partial charge in [0.05, 0.1) is 21.2 Å². The molecule has 4 atom stereocenters. The molecular weight excluding hydrogens is 504 g/mol. The average molecular weight is 532 g/mol. The first kappa shape index (κ1) is 24.0. The van der Waals surface area contributed by atoms with E-state index in [2.05, 4.69) is 32.5 Å². The van der Waals surface area contributed by atoms with Crippen LogP contribution >= 0.6 is 23.2 Å². The van der Waals surface area contributed by atoms with Crippen molar-refractivity contribution >= 4 is 45.6 Å². The summed E-state index contributed by atoms with van der Waals surface area (Å²) in [5, 5.41) is 7.22. The van der Waals surface area contributed by atoms with Gasteiger partial charge in [-0.05, 0) is 51.1 Å². The molecular formula is C26H28Cl2FN5O2. The van der Waals surface area contributed by atoms with Crippen molar-refractivity contribution in [2.75, 3.05) is 38.6 Å². The number of nitrogens with zero attached hydrogens (tertiary/aromatic N) is 3. The molecule has 2 aliphatic heterocycles. The Kier molecular flexibility index (Phi) is 6.54. The number of benzene rings is 2. The van der Waals surface area contributed by atoms with Crippen molar-refractivity contribution in [2.45, 2.75) is 31.4 Å². The molecule has 2 N–H and O–H groups in total. The molecule has 0 unspecified atom stereocenters. The molecule has 3 fully saturated rings. The van der Waals surface area contributed by atoms with Gasteiger partial charge in [0.25, 0.3) is 0 Å². The Morgan fingerprint density at radius 2 is 2.00 bits per heavy atom. The first-order valence-electron chi connectivity index (χ1n) is 12.4. The number of rotatable bonds is 7. The molecule has 190 valence electrons. The largest absolute Gasteiger partial charge is 0.488 e. The van der Waals surface area contributed by atoms with Crippen molar-refractivity contribution in [3.63, 3.8) is 0 Å². The van der Waals surface area contributed by atoms with E-state index < -0.39 is 5.82 Å². The van der Waals surface area contributed by atoms with Crippen molar-refractivity contribution in [1.29, 1.82) is 0 Å². The van der Waals surface area contributed by atoms with Crippen LogP contribution in [0.1, 0.15) is 19.3 Å². The zero-order chi connectivity index (χ0) is 24.8. The summed E-state index contributed by atoms with van der Waals surface area (Å²) in [6.45, 7) is 3.60. The number of fused-ring (bicyclic) bond motifs is 3. The molecule has 0 spiro atoms. The van der Waals surface area contributed by atoms with Gasteiger partial charge in [0.15, 0.2) is 17.3 Å². The van der Waals surface area contributed by atoms with E-state index >= 15 is 0 Å². The molecule has 3 heterocycles. The molecule has 7 nitrogen and oxygen atoms in total. The van der Waals surface area contributed by atoms with Crippen molar-refractivity contribution in [3.8, 4) is 11.5 Å². The fourth-order valence-electron chi connectivity index (χ4n) is 5.53. The molecule has 0 radical (unpaired) electrons. The van der Waals surface area contributed by atoms with Crippen LogP contribution in [0.15, 0.2) is 30.6 Å². The summed E-state index contributed by atoms with van der Waals surface area (Å²) in [4.78, 5) is 11.2. The molecule has 0 amide bonds. The van der Waals surface area contributed by atoms with Gasteiger partial charge in [0, 0.05) is 42.4 Å². The highest BCUT2D eigenvalue weighted by molar-refractivity contribution is 6.42. The molecule has 2 aromatic carbocycles. The molecule has 36 heavy (non-hydrogen) atoms. The number of piperidine rings is 2. The molecule has 1 saturated carbocycles. The van der Waals surface area contributed by atoms with Crippen LogP contribution in [0.5, 0.6) is 11.5 Å². The van der Waals surface area contributed by atoms with Gasteiger partial charge in [0.1, 0.15) is 24.9 Å². The van der Waals surface area contributed by atoms with Gasteiger partial charge in [-0.15, -0.1) is 0 Å². The lowest BCUT2D eigenvalue weighted by molar-refractivity contribution is -0.0459. The minimum atomic E-state index is -0.636. The van der Waals surface area contributed by atoms with E-state index in [9.17, 15) is 4.39 Å². The highest BCUT2D eigenvalue weighted by Crippen LogP contribution is 2.43. The summed E-state index contributed by atoms with van der Waals surface area (Å²) in [7, 11) is 2.13. The smallest absolute Gasteiger partial charge is 0.166 e. The first-order chi connectivity index (χ1) is 17.5. The van der Waals surface area contributed by atoms with Gasteiger partial charge in [0.2, 0.25) is 0 Å². The fourth-order valence-corrected chi connectivity index (χ4v) is 5.84. The van der Waals surface area contributed by atoms with Crippen LogP contribution in [0.25, 0.3) is 10.9 Å². The second kappa shape index (κ2) is 9.82. The molecule has 10 heteroatoms. The van der Waals surface area contributed by atoms with Gasteiger partial charge in [-0.1, -0.05) is 23.2 Å². The van der Waals surface area contributed by atoms with E-state index in [0.717, 1.165) is 26.1 Å². The summed E-state index contributed by atoms with van der Waals surface area (Å²) >= 11 is 12.0. The number of hydrogen-bond donors (Lipinski definition) is 2. The molecule has 2 saturated heterocycles. The quantitative estimate of drug-likeness (QED) is 0.402. The standard InChI is InChI=1S/C26H28Cl2FN5O2/c1-34-6-2-3-16(34)12-35-21-9-20-17(8-22(21)36-25-14-7-15(25)11-30-10-14)26(32-13-31-20)33-19-5-4-18(27)23(28)24(19)29/h4-5,8-9,13-16,25,30H,2-3,6-7,10-12H2,1H3,(H,31,32,33)/t14-,15+,16-,25+/m1/s1. The van der Waals surface area contributed by atoms with Gasteiger partial charge in [-0.25, -0.2) is 14.4 Å². The Balaban J connectivity index is 1.35. The number of ether oxygens (including phenoxy) is 2. The van der Waals surface area contributed by atoms with Crippen LogP contribution in [0, 0.1) is 17.7 Å². The fraction of sp³-hybridized carbons (Fsp3) is 0.462. The number of anilines is 2. The predicted octanol–water partition coefficient (Wildman–Crippen LogP) is 5.28. The topological polar surface area (TPSA) is 71.5 Å². The zero-order valence-corrected chi connectivity index (χ0v) is 21.4. The highest BCUT2D eigenvalue weighted by Gasteiger charge is 2.46. The van der Waals surface area contributed by atoms with Crippen LogP contribution in [0.3, 0.4) is 0 Å². The van der Waals surface area contributed by atoms with Crippen molar-refractivity contribution in [1.82, 2.24) is 20.2 Å². The second-order valence-corrected chi connectivity index (χ2v) is 10.8. The third kappa shape index (κ3) is 4.45. The number of likely N-dealkylation sites (tertiary alicyclic amines) is 1. The predicted molar refractivity (Wildman–Crippen MR) is 139 cm³/mol. The minimum absolute atomic E-state index is 0.137. The maximum absolute atomic E-state index is 14.8. The van der Waals surface area contributed by atoms with Crippen molar-refractivity contribution < 1.29 is 13.9 Å². The SMILES string of the molecule is CN1CCC[C@@H]1COc1cc2ncnc(Nc3ccc(Cl)c(Cl)c3F)c2cc1O[C@@H]1[C@@H]2CNC[C@H]1C2. The Morgan fingerprint density at radius 1 is 1.17 bits per heavy atom. The molecule has 1 aromatic heterocycles. The van der Waals surface area contributed by atoms with Crippen molar-refractivity contribution in [3.05, 3.63) is 46.5 Å². The molecule has 3 aromatic rings. The van der Waals surface area contributed by atoms with Crippen LogP contribution in [-0.2, 0) is 0 Å². The third-order valence-corrected chi connectivity index (χ3v) is 8.48. The average Bonchev–Trinajstić information content (AvgIpc) is 3.31. The summed E-state index contributed by atoms with van der Waals surface area (Å²) < 4.78 is 27.7. The number of nitrogens with one attached hydrogen (secondary N) is 2.